The summed E-state index contributed by atoms with van der Waals surface area (Å²) in [6, 6.07) is 0.594. The Bertz CT molecular complexity index is 447. The van der Waals surface area contributed by atoms with Crippen molar-refractivity contribution in [1.29, 1.82) is 0 Å². The maximum absolute atomic E-state index is 6.10. The number of aromatic nitrogens is 2. The second-order valence-electron chi connectivity index (χ2n) is 6.05. The van der Waals surface area contributed by atoms with E-state index >= 15 is 0 Å². The van der Waals surface area contributed by atoms with Crippen LogP contribution < -0.4 is 4.90 Å². The van der Waals surface area contributed by atoms with Gasteiger partial charge < -0.3 is 9.80 Å². The molecule has 1 saturated heterocycles. The van der Waals surface area contributed by atoms with E-state index in [1.165, 1.54) is 12.8 Å². The first kappa shape index (κ1) is 15.5. The molecule has 0 aliphatic carbocycles. The largest absolute Gasteiger partial charge is 0.367 e. The second-order valence-corrected chi connectivity index (χ2v) is 6.32. The number of piperidine rings is 1. The summed E-state index contributed by atoms with van der Waals surface area (Å²) in [4.78, 5) is 13.8. The van der Waals surface area contributed by atoms with Gasteiger partial charge in [0, 0.05) is 25.0 Å². The highest BCUT2D eigenvalue weighted by Gasteiger charge is 2.24. The maximum atomic E-state index is 6.10. The molecule has 4 nitrogen and oxygen atoms in total. The lowest BCUT2D eigenvalue weighted by Gasteiger charge is -2.37. The monoisotopic (exact) mass is 296 g/mol. The van der Waals surface area contributed by atoms with Crippen LogP contribution in [0.4, 0.5) is 5.69 Å². The van der Waals surface area contributed by atoms with E-state index in [0.717, 1.165) is 30.3 Å². The van der Waals surface area contributed by atoms with Crippen LogP contribution in [-0.4, -0.2) is 48.1 Å². The summed E-state index contributed by atoms with van der Waals surface area (Å²) in [6.07, 6.45) is 4.42. The average molecular weight is 297 g/mol. The summed E-state index contributed by atoms with van der Waals surface area (Å²) in [5.74, 6) is 1.66. The van der Waals surface area contributed by atoms with Crippen LogP contribution >= 0.6 is 11.6 Å². The molecule has 0 bridgehead atoms. The Balaban J connectivity index is 2.23. The van der Waals surface area contributed by atoms with Gasteiger partial charge in [0.25, 0.3) is 0 Å². The first-order valence-corrected chi connectivity index (χ1v) is 7.89. The molecule has 1 aliphatic rings. The summed E-state index contributed by atoms with van der Waals surface area (Å²) in [5.41, 5.74) is 2.07. The van der Waals surface area contributed by atoms with Gasteiger partial charge in [0.1, 0.15) is 5.82 Å². The molecule has 0 aromatic carbocycles. The molecule has 112 valence electrons. The zero-order valence-corrected chi connectivity index (χ0v) is 13.7. The number of hydrogen-bond acceptors (Lipinski definition) is 4. The van der Waals surface area contributed by atoms with Gasteiger partial charge in [0.15, 0.2) is 0 Å². The topological polar surface area (TPSA) is 32.3 Å². The normalized spacial score (nSPS) is 19.9. The fourth-order valence-electron chi connectivity index (χ4n) is 2.66. The minimum absolute atomic E-state index is 0.335. The van der Waals surface area contributed by atoms with E-state index in [2.05, 4.69) is 47.7 Å². The van der Waals surface area contributed by atoms with Crippen LogP contribution in [-0.2, 0) is 5.88 Å². The van der Waals surface area contributed by atoms with E-state index in [1.54, 1.807) is 0 Å². The molecule has 0 radical (unpaired) electrons. The van der Waals surface area contributed by atoms with Crippen LogP contribution in [0.2, 0.25) is 0 Å². The molecule has 1 atom stereocenters. The Morgan fingerprint density at radius 2 is 2.20 bits per heavy atom. The SMILES string of the molecule is CC(C)c1ncc(N2CCCC(N(C)C)C2)c(CCl)n1. The molecule has 1 aromatic rings. The van der Waals surface area contributed by atoms with Gasteiger partial charge in [-0.25, -0.2) is 9.97 Å². The molecule has 0 saturated carbocycles. The first-order valence-electron chi connectivity index (χ1n) is 7.36. The highest BCUT2D eigenvalue weighted by molar-refractivity contribution is 6.17. The molecular weight excluding hydrogens is 272 g/mol. The zero-order chi connectivity index (χ0) is 14.7. The number of hydrogen-bond donors (Lipinski definition) is 0. The van der Waals surface area contributed by atoms with Crippen molar-refractivity contribution in [3.05, 3.63) is 17.7 Å². The predicted octanol–water partition coefficient (Wildman–Crippen LogP) is 2.87. The van der Waals surface area contributed by atoms with Crippen LogP contribution in [0.1, 0.15) is 44.1 Å². The molecule has 1 aliphatic heterocycles. The number of alkyl halides is 1. The van der Waals surface area contributed by atoms with Gasteiger partial charge in [-0.15, -0.1) is 11.6 Å². The molecule has 1 fully saturated rings. The van der Waals surface area contributed by atoms with Crippen molar-refractivity contribution in [3.8, 4) is 0 Å². The average Bonchev–Trinajstić information content (AvgIpc) is 2.46. The fourth-order valence-corrected chi connectivity index (χ4v) is 2.86. The Labute approximate surface area is 127 Å². The number of anilines is 1. The minimum atomic E-state index is 0.335. The molecule has 2 heterocycles. The Morgan fingerprint density at radius 1 is 1.45 bits per heavy atom. The first-order chi connectivity index (χ1) is 9.52. The van der Waals surface area contributed by atoms with E-state index in [9.17, 15) is 0 Å². The summed E-state index contributed by atoms with van der Waals surface area (Å²) in [7, 11) is 4.30. The maximum Gasteiger partial charge on any atom is 0.131 e. The van der Waals surface area contributed by atoms with Crippen LogP contribution in [0.15, 0.2) is 6.20 Å². The third-order valence-corrected chi connectivity index (χ3v) is 4.23. The number of nitrogens with zero attached hydrogens (tertiary/aromatic N) is 4. The lowest BCUT2D eigenvalue weighted by molar-refractivity contribution is 0.258. The lowest BCUT2D eigenvalue weighted by Crippen LogP contribution is -2.45. The molecule has 20 heavy (non-hydrogen) atoms. The minimum Gasteiger partial charge on any atom is -0.367 e. The van der Waals surface area contributed by atoms with Gasteiger partial charge in [0.05, 0.1) is 23.5 Å². The van der Waals surface area contributed by atoms with Crippen LogP contribution in [0.5, 0.6) is 0 Å². The summed E-state index contributed by atoms with van der Waals surface area (Å²) in [6.45, 7) is 6.31. The Hall–Kier alpha value is -0.870. The zero-order valence-electron chi connectivity index (χ0n) is 12.9. The molecule has 0 spiro atoms. The second kappa shape index (κ2) is 6.72. The van der Waals surface area contributed by atoms with E-state index in [4.69, 9.17) is 11.6 Å². The van der Waals surface area contributed by atoms with Crippen molar-refractivity contribution in [2.24, 2.45) is 0 Å². The van der Waals surface area contributed by atoms with Gasteiger partial charge in [-0.1, -0.05) is 13.8 Å². The third-order valence-electron chi connectivity index (χ3n) is 3.97. The number of halogens is 1. The van der Waals surface area contributed by atoms with Crippen molar-refractivity contribution in [1.82, 2.24) is 14.9 Å². The standard InChI is InChI=1S/C15H25ClN4/c1-11(2)15-17-9-14(13(8-16)18-15)20-7-5-6-12(10-20)19(3)4/h9,11-12H,5-8,10H2,1-4H3. The number of rotatable bonds is 4. The van der Waals surface area contributed by atoms with Crippen molar-refractivity contribution in [2.45, 2.75) is 44.5 Å². The quantitative estimate of drug-likeness (QED) is 0.800. The number of likely N-dealkylation sites (N-methyl/N-ethyl adjacent to an activating group) is 1. The van der Waals surface area contributed by atoms with Crippen molar-refractivity contribution in [2.75, 3.05) is 32.1 Å². The molecule has 0 N–H and O–H groups in total. The van der Waals surface area contributed by atoms with Crippen molar-refractivity contribution in [3.63, 3.8) is 0 Å². The van der Waals surface area contributed by atoms with Crippen LogP contribution in [0.25, 0.3) is 0 Å². The molecule has 0 amide bonds. The highest BCUT2D eigenvalue weighted by Crippen LogP contribution is 2.26. The predicted molar refractivity (Wildman–Crippen MR) is 84.6 cm³/mol. The van der Waals surface area contributed by atoms with Crippen LogP contribution in [0, 0.1) is 0 Å². The molecule has 1 unspecified atom stereocenters. The fraction of sp³-hybridized carbons (Fsp3) is 0.733. The smallest absolute Gasteiger partial charge is 0.131 e. The summed E-state index contributed by atoms with van der Waals surface area (Å²) < 4.78 is 0. The van der Waals surface area contributed by atoms with E-state index in [1.807, 2.05) is 6.20 Å². The van der Waals surface area contributed by atoms with Crippen LogP contribution in [0.3, 0.4) is 0 Å². The summed E-state index contributed by atoms with van der Waals surface area (Å²) in [5, 5.41) is 0. The Kier molecular flexibility index (Phi) is 5.22. The van der Waals surface area contributed by atoms with Gasteiger partial charge in [-0.2, -0.15) is 0 Å². The van der Waals surface area contributed by atoms with Gasteiger partial charge >= 0.3 is 0 Å². The van der Waals surface area contributed by atoms with Gasteiger partial charge in [0.2, 0.25) is 0 Å². The van der Waals surface area contributed by atoms with E-state index in [-0.39, 0.29) is 0 Å². The molecule has 5 heteroatoms. The van der Waals surface area contributed by atoms with Gasteiger partial charge in [-0.05, 0) is 26.9 Å². The molecule has 2 rings (SSSR count). The third kappa shape index (κ3) is 3.41. The summed E-state index contributed by atoms with van der Waals surface area (Å²) >= 11 is 6.10. The Morgan fingerprint density at radius 3 is 2.80 bits per heavy atom. The highest BCUT2D eigenvalue weighted by atomic mass is 35.5. The molecule has 1 aromatic heterocycles. The molecular formula is C15H25ClN4. The van der Waals surface area contributed by atoms with E-state index in [0.29, 0.717) is 17.8 Å². The van der Waals surface area contributed by atoms with Crippen molar-refractivity contribution >= 4 is 17.3 Å². The van der Waals surface area contributed by atoms with E-state index < -0.39 is 0 Å². The lowest BCUT2D eigenvalue weighted by atomic mass is 10.0. The van der Waals surface area contributed by atoms with Gasteiger partial charge in [-0.3, -0.25) is 0 Å². The van der Waals surface area contributed by atoms with Crippen molar-refractivity contribution < 1.29 is 0 Å².